The van der Waals surface area contributed by atoms with Crippen molar-refractivity contribution in [3.8, 4) is 11.5 Å². The number of Topliss-reactive ketones (excluding diaryl/α,β-unsaturated/α-hetero) is 2. The number of ether oxygens (including phenoxy) is 2. The minimum Gasteiger partial charge on any atom is -0.496 e. The SMILES string of the molecule is CC/C=C/C(=O)c1cc2c(cc1OC)C=C=CC=C2Oc1ccc(CCCC(=O)C2(C(=O)CCCc3ccc(F)cc3)CC2)cc1. The molecule has 0 amide bonds. The lowest BCUT2D eigenvalue weighted by molar-refractivity contribution is -0.134. The van der Waals surface area contributed by atoms with Crippen LogP contribution in [0.15, 0.2) is 90.7 Å². The highest BCUT2D eigenvalue weighted by molar-refractivity contribution is 6.09. The fraction of sp³-hybridized carbons (Fsp3) is 0.300. The molecule has 5 nitrogen and oxygen atoms in total. The molecule has 0 saturated heterocycles. The molecule has 0 aliphatic heterocycles. The molecule has 6 heteroatoms. The van der Waals surface area contributed by atoms with Crippen LogP contribution < -0.4 is 9.47 Å². The zero-order valence-corrected chi connectivity index (χ0v) is 26.4. The Bertz CT molecular complexity index is 1720. The number of aryl methyl sites for hydroxylation is 2. The van der Waals surface area contributed by atoms with Crippen molar-refractivity contribution in [2.75, 3.05) is 7.11 Å². The Morgan fingerprint density at radius 3 is 2.13 bits per heavy atom. The number of rotatable bonds is 16. The largest absolute Gasteiger partial charge is 0.496 e. The fourth-order valence-electron chi connectivity index (χ4n) is 5.77. The summed E-state index contributed by atoms with van der Waals surface area (Å²) in [5.41, 5.74) is 6.45. The zero-order chi connectivity index (χ0) is 32.5. The molecule has 1 fully saturated rings. The fourth-order valence-corrected chi connectivity index (χ4v) is 5.77. The lowest BCUT2D eigenvalue weighted by Gasteiger charge is -2.15. The number of benzene rings is 3. The van der Waals surface area contributed by atoms with Gasteiger partial charge < -0.3 is 9.47 Å². The van der Waals surface area contributed by atoms with Gasteiger partial charge in [-0.3, -0.25) is 14.4 Å². The van der Waals surface area contributed by atoms with E-state index in [0.717, 1.165) is 35.1 Å². The van der Waals surface area contributed by atoms with E-state index in [0.29, 0.717) is 67.8 Å². The van der Waals surface area contributed by atoms with E-state index in [4.69, 9.17) is 9.47 Å². The van der Waals surface area contributed by atoms with Crippen LogP contribution in [-0.4, -0.2) is 24.5 Å². The van der Waals surface area contributed by atoms with E-state index in [1.807, 2.05) is 55.5 Å². The molecule has 46 heavy (non-hydrogen) atoms. The number of fused-ring (bicyclic) bond motifs is 1. The van der Waals surface area contributed by atoms with Crippen LogP contribution in [0.5, 0.6) is 11.5 Å². The molecule has 1 saturated carbocycles. The van der Waals surface area contributed by atoms with Gasteiger partial charge in [0.25, 0.3) is 0 Å². The van der Waals surface area contributed by atoms with Crippen LogP contribution in [0, 0.1) is 11.2 Å². The number of carbonyl (C=O) groups excluding carboxylic acids is 3. The van der Waals surface area contributed by atoms with Crippen LogP contribution in [0.25, 0.3) is 11.8 Å². The molecule has 0 radical (unpaired) electrons. The van der Waals surface area contributed by atoms with Gasteiger partial charge in [-0.25, -0.2) is 4.39 Å². The van der Waals surface area contributed by atoms with E-state index in [2.05, 4.69) is 5.73 Å². The maximum atomic E-state index is 13.1. The van der Waals surface area contributed by atoms with E-state index in [1.54, 1.807) is 37.5 Å². The van der Waals surface area contributed by atoms with Crippen LogP contribution in [-0.2, 0) is 22.4 Å². The van der Waals surface area contributed by atoms with Crippen molar-refractivity contribution >= 4 is 29.2 Å². The van der Waals surface area contributed by atoms with E-state index in [1.165, 1.54) is 12.1 Å². The van der Waals surface area contributed by atoms with Crippen molar-refractivity contribution in [1.29, 1.82) is 0 Å². The first kappa shape index (κ1) is 32.6. The van der Waals surface area contributed by atoms with Gasteiger partial charge >= 0.3 is 0 Å². The molecule has 0 unspecified atom stereocenters. The molecule has 3 aromatic rings. The molecule has 0 atom stereocenters. The Balaban J connectivity index is 1.15. The van der Waals surface area contributed by atoms with Crippen LogP contribution in [0.1, 0.15) is 84.5 Å². The number of methoxy groups -OCH3 is 1. The molecule has 0 bridgehead atoms. The second kappa shape index (κ2) is 15.0. The first-order valence-corrected chi connectivity index (χ1v) is 16.0. The molecule has 2 aliphatic rings. The number of hydrogen-bond acceptors (Lipinski definition) is 5. The average molecular weight is 619 g/mol. The van der Waals surface area contributed by atoms with E-state index in [-0.39, 0.29) is 23.2 Å². The van der Waals surface area contributed by atoms with E-state index in [9.17, 15) is 18.8 Å². The van der Waals surface area contributed by atoms with Gasteiger partial charge in [-0.1, -0.05) is 37.3 Å². The van der Waals surface area contributed by atoms with Crippen molar-refractivity contribution < 1.29 is 28.2 Å². The molecule has 5 rings (SSSR count). The molecule has 3 aromatic carbocycles. The Kier molecular flexibility index (Phi) is 10.6. The summed E-state index contributed by atoms with van der Waals surface area (Å²) in [6, 6.07) is 17.7. The van der Waals surface area contributed by atoms with Gasteiger partial charge in [-0.05, 0) is 122 Å². The zero-order valence-electron chi connectivity index (χ0n) is 26.4. The summed E-state index contributed by atoms with van der Waals surface area (Å²) in [6.07, 6.45) is 14.4. The van der Waals surface area contributed by atoms with Crippen LogP contribution in [0.4, 0.5) is 4.39 Å². The van der Waals surface area contributed by atoms with Crippen molar-refractivity contribution in [1.82, 2.24) is 0 Å². The maximum absolute atomic E-state index is 13.1. The Hall–Kier alpha value is -4.80. The molecule has 0 aromatic heterocycles. The number of hydrogen-bond donors (Lipinski definition) is 0. The third-order valence-electron chi connectivity index (χ3n) is 8.60. The van der Waals surface area contributed by atoms with Gasteiger partial charge in [-0.2, -0.15) is 0 Å². The van der Waals surface area contributed by atoms with Gasteiger partial charge in [0, 0.05) is 18.4 Å². The average Bonchev–Trinajstić information content (AvgIpc) is 3.90. The van der Waals surface area contributed by atoms with Crippen LogP contribution in [0.2, 0.25) is 0 Å². The Morgan fingerprint density at radius 2 is 1.54 bits per heavy atom. The summed E-state index contributed by atoms with van der Waals surface area (Å²) >= 11 is 0. The van der Waals surface area contributed by atoms with Gasteiger partial charge in [0.15, 0.2) is 5.78 Å². The first-order valence-electron chi connectivity index (χ1n) is 16.0. The summed E-state index contributed by atoms with van der Waals surface area (Å²) in [6.45, 7) is 1.97. The summed E-state index contributed by atoms with van der Waals surface area (Å²) in [4.78, 5) is 38.9. The lowest BCUT2D eigenvalue weighted by Crippen LogP contribution is -2.26. The normalized spacial score (nSPS) is 14.4. The minimum absolute atomic E-state index is 0.0490. The summed E-state index contributed by atoms with van der Waals surface area (Å²) in [5, 5.41) is 0. The molecule has 2 aliphatic carbocycles. The van der Waals surface area contributed by atoms with Crippen molar-refractivity contribution in [3.05, 3.63) is 124 Å². The predicted molar refractivity (Wildman–Crippen MR) is 178 cm³/mol. The standard InChI is InChI=1S/C40H39FO5/c1-3-4-12-35(42)34-27-33-30(26-37(34)45-2)11-5-6-13-36(33)46-32-22-18-29(19-23-32)10-8-15-39(44)40(24-25-40)38(43)14-7-9-28-16-20-31(41)21-17-28/h4,6,11-13,16-23,26-27H,3,7-10,14-15,24-25H2,1-2H3/b12-4+. The monoisotopic (exact) mass is 618 g/mol. The molecule has 0 N–H and O–H groups in total. The number of allylic oxidation sites excluding steroid dienone is 4. The highest BCUT2D eigenvalue weighted by Crippen LogP contribution is 2.49. The number of halogens is 1. The smallest absolute Gasteiger partial charge is 0.189 e. The highest BCUT2D eigenvalue weighted by atomic mass is 19.1. The van der Waals surface area contributed by atoms with E-state index < -0.39 is 5.41 Å². The van der Waals surface area contributed by atoms with Crippen LogP contribution >= 0.6 is 0 Å². The minimum atomic E-state index is -0.784. The molecule has 0 spiro atoms. The van der Waals surface area contributed by atoms with Gasteiger partial charge in [0.2, 0.25) is 0 Å². The number of carbonyl (C=O) groups is 3. The van der Waals surface area contributed by atoms with Crippen molar-refractivity contribution in [2.24, 2.45) is 5.41 Å². The van der Waals surface area contributed by atoms with Crippen LogP contribution in [0.3, 0.4) is 0 Å². The lowest BCUT2D eigenvalue weighted by atomic mass is 9.88. The summed E-state index contributed by atoms with van der Waals surface area (Å²) in [5.74, 6) is 1.42. The molecule has 236 valence electrons. The molecule has 0 heterocycles. The van der Waals surface area contributed by atoms with Gasteiger partial charge in [0.1, 0.15) is 34.6 Å². The Morgan fingerprint density at radius 1 is 0.913 bits per heavy atom. The first-order chi connectivity index (χ1) is 22.3. The van der Waals surface area contributed by atoms with Gasteiger partial charge in [0.05, 0.1) is 18.1 Å². The number of ketones is 3. The highest BCUT2D eigenvalue weighted by Gasteiger charge is 2.54. The third kappa shape index (κ3) is 7.88. The predicted octanol–water partition coefficient (Wildman–Crippen LogP) is 8.85. The summed E-state index contributed by atoms with van der Waals surface area (Å²) < 4.78 is 24.9. The molecular formula is C40H39FO5. The maximum Gasteiger partial charge on any atom is 0.189 e. The quantitative estimate of drug-likeness (QED) is 0.0694. The summed E-state index contributed by atoms with van der Waals surface area (Å²) in [7, 11) is 1.55. The second-order valence-corrected chi connectivity index (χ2v) is 11.8. The molecular weight excluding hydrogens is 579 g/mol. The topological polar surface area (TPSA) is 69.7 Å². The van der Waals surface area contributed by atoms with Crippen molar-refractivity contribution in [2.45, 2.75) is 64.7 Å². The van der Waals surface area contributed by atoms with Crippen molar-refractivity contribution in [3.63, 3.8) is 0 Å². The van der Waals surface area contributed by atoms with E-state index >= 15 is 0 Å². The second-order valence-electron chi connectivity index (χ2n) is 11.8. The van der Waals surface area contributed by atoms with Gasteiger partial charge in [-0.15, -0.1) is 5.73 Å². The Labute approximate surface area is 270 Å². The third-order valence-corrected chi connectivity index (χ3v) is 8.60.